The van der Waals surface area contributed by atoms with Gasteiger partial charge in [-0.1, -0.05) is 140 Å². The van der Waals surface area contributed by atoms with Crippen LogP contribution in [-0.2, 0) is 0 Å². The van der Waals surface area contributed by atoms with Gasteiger partial charge in [-0.05, 0) is 70.5 Å². The van der Waals surface area contributed by atoms with Crippen LogP contribution in [0.15, 0.2) is 164 Å². The Morgan fingerprint density at radius 3 is 1.38 bits per heavy atom. The molecule has 244 valence electrons. The van der Waals surface area contributed by atoms with Gasteiger partial charge in [0, 0.05) is 49.8 Å². The van der Waals surface area contributed by atoms with Gasteiger partial charge in [-0.25, -0.2) is 9.97 Å². The summed E-state index contributed by atoms with van der Waals surface area (Å²) in [5, 5.41) is 9.38. The van der Waals surface area contributed by atoms with Gasteiger partial charge in [-0.2, -0.15) is 0 Å². The van der Waals surface area contributed by atoms with Gasteiger partial charge in [0.1, 0.15) is 0 Å². The van der Waals surface area contributed by atoms with E-state index in [0.717, 1.165) is 66.5 Å². The highest BCUT2D eigenvalue weighted by molar-refractivity contribution is 6.25. The van der Waals surface area contributed by atoms with Crippen LogP contribution in [0.5, 0.6) is 0 Å². The van der Waals surface area contributed by atoms with Gasteiger partial charge in [0.25, 0.3) is 0 Å². The molecule has 0 fully saturated rings. The Morgan fingerprint density at radius 1 is 0.365 bits per heavy atom. The molecule has 3 heteroatoms. The van der Waals surface area contributed by atoms with Crippen molar-refractivity contribution in [1.29, 1.82) is 0 Å². The molecule has 10 aromatic rings. The first-order chi connectivity index (χ1) is 25.6. The lowest BCUT2D eigenvalue weighted by Gasteiger charge is -2.21. The predicted molar refractivity (Wildman–Crippen MR) is 219 cm³/mol. The van der Waals surface area contributed by atoms with Crippen LogP contribution >= 0.6 is 0 Å². The fourth-order valence-electron chi connectivity index (χ4n) is 8.11. The van der Waals surface area contributed by atoms with Crippen molar-refractivity contribution >= 4 is 54.1 Å². The molecule has 0 atom stereocenters. The molecule has 0 saturated heterocycles. The molecular formula is C49H33N3. The number of hydrogen-bond donors (Lipinski definition) is 0. The maximum absolute atomic E-state index is 5.50. The summed E-state index contributed by atoms with van der Waals surface area (Å²) in [6, 6.07) is 55.7. The summed E-state index contributed by atoms with van der Waals surface area (Å²) >= 11 is 0. The monoisotopic (exact) mass is 663 g/mol. The molecule has 0 bridgehead atoms. The average molecular weight is 664 g/mol. The Hall–Kier alpha value is -6.71. The molecule has 7 aromatic carbocycles. The van der Waals surface area contributed by atoms with Crippen molar-refractivity contribution in [2.45, 2.75) is 13.8 Å². The minimum atomic E-state index is 0.937. The van der Waals surface area contributed by atoms with E-state index in [2.05, 4.69) is 172 Å². The van der Waals surface area contributed by atoms with Crippen LogP contribution < -0.4 is 0 Å². The second-order valence-electron chi connectivity index (χ2n) is 13.6. The van der Waals surface area contributed by atoms with Crippen LogP contribution in [0.3, 0.4) is 0 Å². The third kappa shape index (κ3) is 4.78. The van der Waals surface area contributed by atoms with E-state index >= 15 is 0 Å². The summed E-state index contributed by atoms with van der Waals surface area (Å²) in [4.78, 5) is 15.8. The Labute approximate surface area is 301 Å². The van der Waals surface area contributed by atoms with E-state index in [1.54, 1.807) is 0 Å². The van der Waals surface area contributed by atoms with Crippen molar-refractivity contribution in [3.8, 4) is 44.9 Å². The lowest BCUT2D eigenvalue weighted by molar-refractivity contribution is 1.35. The topological polar surface area (TPSA) is 38.7 Å². The number of pyridine rings is 3. The maximum Gasteiger partial charge on any atom is 0.0791 e. The molecule has 10 rings (SSSR count). The van der Waals surface area contributed by atoms with Crippen LogP contribution in [0.1, 0.15) is 11.1 Å². The Balaban J connectivity index is 1.33. The number of aryl methyl sites for hydroxylation is 2. The first-order valence-electron chi connectivity index (χ1n) is 17.8. The summed E-state index contributed by atoms with van der Waals surface area (Å²) in [5.74, 6) is 0. The fraction of sp³-hybridized carbons (Fsp3) is 0.0408. The number of aromatic nitrogens is 3. The standard InChI is InChI=1S/C49H33N3/c1-30-44-39-24-22-36(32-14-6-3-7-15-32)27-42(39)51-48(33-16-8-4-9-17-33)46(44)31(2)45-40-25-23-37(41-26-35-20-12-13-21-38(35)29-50-41)28-43(40)52-49(47(30)45)34-18-10-5-11-19-34/h3-29H,1-2H3. The van der Waals surface area contributed by atoms with Crippen LogP contribution in [0.25, 0.3) is 99.0 Å². The van der Waals surface area contributed by atoms with Gasteiger partial charge in [0.05, 0.1) is 28.1 Å². The zero-order valence-corrected chi connectivity index (χ0v) is 28.9. The SMILES string of the molecule is Cc1c2c(-c3ccccc3)nc3cc(-c4cc5ccccc5cn4)ccc3c2c(C)c2c(-c3ccccc3)nc3cc(-c4ccccc4)ccc3c12. The van der Waals surface area contributed by atoms with Crippen molar-refractivity contribution < 1.29 is 0 Å². The van der Waals surface area contributed by atoms with E-state index in [-0.39, 0.29) is 0 Å². The average Bonchev–Trinajstić information content (AvgIpc) is 3.21. The van der Waals surface area contributed by atoms with Gasteiger partial charge >= 0.3 is 0 Å². The van der Waals surface area contributed by atoms with Gasteiger partial charge in [0.2, 0.25) is 0 Å². The number of rotatable bonds is 4. The van der Waals surface area contributed by atoms with Gasteiger partial charge in [-0.15, -0.1) is 0 Å². The fourth-order valence-corrected chi connectivity index (χ4v) is 8.11. The zero-order chi connectivity index (χ0) is 34.8. The third-order valence-electron chi connectivity index (χ3n) is 10.6. The summed E-state index contributed by atoms with van der Waals surface area (Å²) < 4.78 is 0. The van der Waals surface area contributed by atoms with E-state index < -0.39 is 0 Å². The highest BCUT2D eigenvalue weighted by Crippen LogP contribution is 2.46. The quantitative estimate of drug-likeness (QED) is 0.139. The molecule has 3 aromatic heterocycles. The molecule has 0 N–H and O–H groups in total. The molecule has 0 aliphatic carbocycles. The highest BCUT2D eigenvalue weighted by atomic mass is 14.7. The van der Waals surface area contributed by atoms with E-state index in [1.165, 1.54) is 43.6 Å². The first-order valence-corrected chi connectivity index (χ1v) is 17.8. The van der Waals surface area contributed by atoms with Crippen LogP contribution in [-0.4, -0.2) is 15.0 Å². The van der Waals surface area contributed by atoms with Crippen molar-refractivity contribution in [3.05, 3.63) is 175 Å². The third-order valence-corrected chi connectivity index (χ3v) is 10.6. The predicted octanol–water partition coefficient (Wildman–Crippen LogP) is 12.9. The lowest BCUT2D eigenvalue weighted by Crippen LogP contribution is -2.00. The Kier molecular flexibility index (Phi) is 6.94. The highest BCUT2D eigenvalue weighted by Gasteiger charge is 2.23. The molecule has 0 radical (unpaired) electrons. The largest absolute Gasteiger partial charge is 0.256 e. The Morgan fingerprint density at radius 2 is 0.827 bits per heavy atom. The van der Waals surface area contributed by atoms with Crippen molar-refractivity contribution in [2.24, 2.45) is 0 Å². The number of nitrogens with zero attached hydrogens (tertiary/aromatic N) is 3. The first kappa shape index (κ1) is 30.1. The number of benzene rings is 7. The molecule has 0 saturated carbocycles. The van der Waals surface area contributed by atoms with Crippen molar-refractivity contribution in [2.75, 3.05) is 0 Å². The molecule has 0 spiro atoms. The van der Waals surface area contributed by atoms with Gasteiger partial charge < -0.3 is 0 Å². The summed E-state index contributed by atoms with van der Waals surface area (Å²) in [5.41, 5.74) is 12.9. The second-order valence-corrected chi connectivity index (χ2v) is 13.6. The summed E-state index contributed by atoms with van der Waals surface area (Å²) in [7, 11) is 0. The molecule has 3 nitrogen and oxygen atoms in total. The second kappa shape index (κ2) is 12.0. The molecular weight excluding hydrogens is 631 g/mol. The van der Waals surface area contributed by atoms with Crippen molar-refractivity contribution in [3.63, 3.8) is 0 Å². The van der Waals surface area contributed by atoms with E-state index in [9.17, 15) is 0 Å². The smallest absolute Gasteiger partial charge is 0.0791 e. The molecule has 0 aliphatic rings. The van der Waals surface area contributed by atoms with E-state index in [1.807, 2.05) is 6.20 Å². The summed E-state index contributed by atoms with van der Waals surface area (Å²) in [6.45, 7) is 4.55. The molecule has 0 unspecified atom stereocenters. The number of fused-ring (bicyclic) bond motifs is 7. The Bertz CT molecular complexity index is 3010. The lowest BCUT2D eigenvalue weighted by atomic mass is 9.85. The summed E-state index contributed by atoms with van der Waals surface area (Å²) in [6.07, 6.45) is 1.96. The normalized spacial score (nSPS) is 11.7. The minimum absolute atomic E-state index is 0.937. The van der Waals surface area contributed by atoms with Crippen LogP contribution in [0, 0.1) is 13.8 Å². The molecule has 0 amide bonds. The zero-order valence-electron chi connectivity index (χ0n) is 28.9. The molecule has 52 heavy (non-hydrogen) atoms. The van der Waals surface area contributed by atoms with Crippen molar-refractivity contribution in [1.82, 2.24) is 15.0 Å². The van der Waals surface area contributed by atoms with Crippen LogP contribution in [0.4, 0.5) is 0 Å². The van der Waals surface area contributed by atoms with Crippen LogP contribution in [0.2, 0.25) is 0 Å². The maximum atomic E-state index is 5.50. The molecule has 3 heterocycles. The van der Waals surface area contributed by atoms with Gasteiger partial charge in [0.15, 0.2) is 0 Å². The van der Waals surface area contributed by atoms with E-state index in [4.69, 9.17) is 15.0 Å². The van der Waals surface area contributed by atoms with E-state index in [0.29, 0.717) is 0 Å². The molecule has 0 aliphatic heterocycles. The number of hydrogen-bond acceptors (Lipinski definition) is 3. The minimum Gasteiger partial charge on any atom is -0.256 e. The van der Waals surface area contributed by atoms with Gasteiger partial charge in [-0.3, -0.25) is 4.98 Å².